The van der Waals surface area contributed by atoms with E-state index in [0.29, 0.717) is 35.8 Å². The Morgan fingerprint density at radius 1 is 1.40 bits per heavy atom. The van der Waals surface area contributed by atoms with E-state index in [1.165, 1.54) is 4.68 Å². The Kier molecular flexibility index (Phi) is 7.18. The summed E-state index contributed by atoms with van der Waals surface area (Å²) in [6, 6.07) is 0.118. The Hall–Kier alpha value is -0.920. The van der Waals surface area contributed by atoms with Gasteiger partial charge in [0.15, 0.2) is 0 Å². The van der Waals surface area contributed by atoms with Crippen molar-refractivity contribution in [2.45, 2.75) is 26.4 Å². The predicted octanol–water partition coefficient (Wildman–Crippen LogP) is 1.74. The van der Waals surface area contributed by atoms with Crippen molar-refractivity contribution in [3.8, 4) is 0 Å². The van der Waals surface area contributed by atoms with Crippen LogP contribution in [0, 0.1) is 5.92 Å². The highest BCUT2D eigenvalue weighted by Crippen LogP contribution is 2.19. The van der Waals surface area contributed by atoms with Gasteiger partial charge in [-0.2, -0.15) is 5.10 Å². The van der Waals surface area contributed by atoms with Crippen molar-refractivity contribution in [3.05, 3.63) is 21.0 Å². The van der Waals surface area contributed by atoms with Crippen molar-refractivity contribution < 1.29 is 9.47 Å². The van der Waals surface area contributed by atoms with Crippen LogP contribution >= 0.6 is 15.9 Å². The average Bonchev–Trinajstić information content (AvgIpc) is 2.42. The molecule has 0 saturated carbocycles. The van der Waals surface area contributed by atoms with Gasteiger partial charge in [0, 0.05) is 14.2 Å². The number of hydrogen-bond donors (Lipinski definition) is 1. The van der Waals surface area contributed by atoms with Crippen LogP contribution in [0.25, 0.3) is 0 Å². The summed E-state index contributed by atoms with van der Waals surface area (Å²) in [5.41, 5.74) is 0.506. The summed E-state index contributed by atoms with van der Waals surface area (Å²) in [5.74, 6) is 0.373. The highest BCUT2D eigenvalue weighted by Gasteiger charge is 2.16. The van der Waals surface area contributed by atoms with Crippen LogP contribution in [0.2, 0.25) is 0 Å². The van der Waals surface area contributed by atoms with Crippen molar-refractivity contribution in [2.24, 2.45) is 5.92 Å². The topological polar surface area (TPSA) is 65.4 Å². The van der Waals surface area contributed by atoms with Gasteiger partial charge in [0.1, 0.15) is 4.47 Å². The molecule has 0 aliphatic carbocycles. The molecule has 0 fully saturated rings. The number of aromatic nitrogens is 2. The molecule has 1 heterocycles. The molecular weight excluding hydrogens is 326 g/mol. The minimum Gasteiger partial charge on any atom is -0.383 e. The number of rotatable bonds is 8. The van der Waals surface area contributed by atoms with Crippen LogP contribution < -0.4 is 10.9 Å². The van der Waals surface area contributed by atoms with Gasteiger partial charge in [0.05, 0.1) is 37.7 Å². The number of methoxy groups -OCH3 is 2. The van der Waals surface area contributed by atoms with Crippen molar-refractivity contribution in [2.75, 3.05) is 32.8 Å². The number of nitrogens with zero attached hydrogens (tertiary/aromatic N) is 2. The molecule has 0 aliphatic heterocycles. The Morgan fingerprint density at radius 3 is 2.65 bits per heavy atom. The molecule has 6 nitrogen and oxygen atoms in total. The third kappa shape index (κ3) is 4.57. The lowest BCUT2D eigenvalue weighted by molar-refractivity contribution is 0.171. The van der Waals surface area contributed by atoms with Gasteiger partial charge in [-0.3, -0.25) is 4.79 Å². The van der Waals surface area contributed by atoms with Crippen LogP contribution in [0.1, 0.15) is 13.8 Å². The summed E-state index contributed by atoms with van der Waals surface area (Å²) in [5, 5.41) is 7.43. The lowest BCUT2D eigenvalue weighted by atomic mass is 10.1. The molecule has 1 aromatic rings. The van der Waals surface area contributed by atoms with Crippen LogP contribution in [0.5, 0.6) is 0 Å². The normalized spacial score (nSPS) is 12.7. The third-order valence-electron chi connectivity index (χ3n) is 2.98. The number of nitrogens with one attached hydrogen (secondary N) is 1. The Labute approximate surface area is 127 Å². The molecule has 0 aliphatic rings. The molecule has 0 aromatic carbocycles. The van der Waals surface area contributed by atoms with E-state index in [-0.39, 0.29) is 11.6 Å². The maximum Gasteiger partial charge on any atom is 0.283 e. The second-order valence-electron chi connectivity index (χ2n) is 4.84. The van der Waals surface area contributed by atoms with E-state index in [4.69, 9.17) is 9.47 Å². The first kappa shape index (κ1) is 17.1. The first-order valence-electron chi connectivity index (χ1n) is 6.51. The summed E-state index contributed by atoms with van der Waals surface area (Å²) in [7, 11) is 3.25. The van der Waals surface area contributed by atoms with Crippen molar-refractivity contribution >= 4 is 21.6 Å². The molecule has 1 rings (SSSR count). The zero-order chi connectivity index (χ0) is 15.1. The smallest absolute Gasteiger partial charge is 0.283 e. The SMILES string of the molecule is COCCn1ncc(NC(COC)C(C)C)c(Br)c1=O. The number of ether oxygens (including phenoxy) is 2. The molecular formula is C13H22BrN3O3. The standard InChI is InChI=1S/C13H22BrN3O3/c1-9(2)11(8-20-4)16-10-7-15-17(5-6-19-3)13(18)12(10)14/h7,9,11,16H,5-6,8H2,1-4H3. The first-order valence-corrected chi connectivity index (χ1v) is 7.30. The minimum atomic E-state index is -0.174. The van der Waals surface area contributed by atoms with Gasteiger partial charge in [-0.15, -0.1) is 0 Å². The van der Waals surface area contributed by atoms with E-state index in [1.54, 1.807) is 20.4 Å². The number of halogens is 1. The van der Waals surface area contributed by atoms with Gasteiger partial charge in [0.25, 0.3) is 5.56 Å². The Balaban J connectivity index is 2.91. The molecule has 0 saturated heterocycles. The summed E-state index contributed by atoms with van der Waals surface area (Å²) in [4.78, 5) is 12.1. The predicted molar refractivity (Wildman–Crippen MR) is 82.2 cm³/mol. The van der Waals surface area contributed by atoms with E-state index >= 15 is 0 Å². The van der Waals surface area contributed by atoms with Gasteiger partial charge >= 0.3 is 0 Å². The molecule has 0 spiro atoms. The minimum absolute atomic E-state index is 0.118. The van der Waals surface area contributed by atoms with Crippen molar-refractivity contribution in [3.63, 3.8) is 0 Å². The Bertz CT molecular complexity index is 476. The largest absolute Gasteiger partial charge is 0.383 e. The lowest BCUT2D eigenvalue weighted by Crippen LogP contribution is -2.33. The molecule has 1 atom stereocenters. The molecule has 114 valence electrons. The second kappa shape index (κ2) is 8.39. The molecule has 0 amide bonds. The zero-order valence-corrected chi connectivity index (χ0v) is 13.9. The van der Waals surface area contributed by atoms with E-state index in [9.17, 15) is 4.79 Å². The van der Waals surface area contributed by atoms with E-state index < -0.39 is 0 Å². The van der Waals surface area contributed by atoms with Crippen LogP contribution in [0.3, 0.4) is 0 Å². The van der Waals surface area contributed by atoms with Gasteiger partial charge < -0.3 is 14.8 Å². The highest BCUT2D eigenvalue weighted by molar-refractivity contribution is 9.10. The molecule has 20 heavy (non-hydrogen) atoms. The maximum absolute atomic E-state index is 12.1. The van der Waals surface area contributed by atoms with E-state index in [1.807, 2.05) is 0 Å². The first-order chi connectivity index (χ1) is 9.51. The second-order valence-corrected chi connectivity index (χ2v) is 5.64. The van der Waals surface area contributed by atoms with E-state index in [0.717, 1.165) is 0 Å². The maximum atomic E-state index is 12.1. The molecule has 1 aromatic heterocycles. The average molecular weight is 348 g/mol. The molecule has 0 bridgehead atoms. The fourth-order valence-corrected chi connectivity index (χ4v) is 2.10. The lowest BCUT2D eigenvalue weighted by Gasteiger charge is -2.23. The number of anilines is 1. The fourth-order valence-electron chi connectivity index (χ4n) is 1.68. The summed E-state index contributed by atoms with van der Waals surface area (Å²) < 4.78 is 12.0. The zero-order valence-electron chi connectivity index (χ0n) is 12.4. The van der Waals surface area contributed by atoms with Crippen molar-refractivity contribution in [1.82, 2.24) is 9.78 Å². The third-order valence-corrected chi connectivity index (χ3v) is 3.75. The van der Waals surface area contributed by atoms with E-state index in [2.05, 4.69) is 40.2 Å². The van der Waals surface area contributed by atoms with Gasteiger partial charge in [-0.05, 0) is 21.8 Å². The van der Waals surface area contributed by atoms with Crippen LogP contribution in [0.4, 0.5) is 5.69 Å². The molecule has 7 heteroatoms. The van der Waals surface area contributed by atoms with Crippen LogP contribution in [-0.4, -0.2) is 43.3 Å². The number of hydrogen-bond acceptors (Lipinski definition) is 5. The Morgan fingerprint density at radius 2 is 2.10 bits per heavy atom. The highest BCUT2D eigenvalue weighted by atomic mass is 79.9. The van der Waals surface area contributed by atoms with Gasteiger partial charge in [-0.25, -0.2) is 4.68 Å². The monoisotopic (exact) mass is 347 g/mol. The fraction of sp³-hybridized carbons (Fsp3) is 0.692. The van der Waals surface area contributed by atoms with Gasteiger partial charge in [0.2, 0.25) is 0 Å². The van der Waals surface area contributed by atoms with Crippen molar-refractivity contribution in [1.29, 1.82) is 0 Å². The summed E-state index contributed by atoms with van der Waals surface area (Å²) >= 11 is 3.33. The summed E-state index contributed by atoms with van der Waals surface area (Å²) in [6.45, 7) is 5.64. The van der Waals surface area contributed by atoms with Gasteiger partial charge in [-0.1, -0.05) is 13.8 Å². The molecule has 1 N–H and O–H groups in total. The summed E-state index contributed by atoms with van der Waals surface area (Å²) in [6.07, 6.45) is 1.65. The molecule has 0 radical (unpaired) electrons. The van der Waals surface area contributed by atoms with Crippen LogP contribution in [0.15, 0.2) is 15.5 Å². The van der Waals surface area contributed by atoms with Crippen LogP contribution in [-0.2, 0) is 16.0 Å². The quantitative estimate of drug-likeness (QED) is 0.775. The molecule has 1 unspecified atom stereocenters.